The molecular weight excluding hydrogens is 165 g/mol. The van der Waals surface area contributed by atoms with Crippen LogP contribution in [0.25, 0.3) is 17.0 Å². The molecule has 0 spiro atoms. The zero-order chi connectivity index (χ0) is 9.42. The Balaban J connectivity index is 2.83. The highest BCUT2D eigenvalue weighted by Crippen LogP contribution is 2.20. The van der Waals surface area contributed by atoms with Crippen LogP contribution in [0.5, 0.6) is 0 Å². The van der Waals surface area contributed by atoms with E-state index in [4.69, 9.17) is 0 Å². The van der Waals surface area contributed by atoms with Crippen molar-refractivity contribution in [2.75, 3.05) is 0 Å². The molecule has 0 saturated carbocycles. The second kappa shape index (κ2) is 2.73. The summed E-state index contributed by atoms with van der Waals surface area (Å²) in [6.07, 6.45) is 3.44. The summed E-state index contributed by atoms with van der Waals surface area (Å²) in [5.74, 6) is -0.218. The van der Waals surface area contributed by atoms with Crippen molar-refractivity contribution in [3.63, 3.8) is 0 Å². The minimum Gasteiger partial charge on any atom is -0.350 e. The number of rotatable bonds is 1. The van der Waals surface area contributed by atoms with Crippen LogP contribution in [0.4, 0.5) is 4.39 Å². The summed E-state index contributed by atoms with van der Waals surface area (Å²) in [4.78, 5) is 0. The summed E-state index contributed by atoms with van der Waals surface area (Å²) in [7, 11) is 1.90. The number of halogens is 1. The summed E-state index contributed by atoms with van der Waals surface area (Å²) in [5.41, 5.74) is 1.46. The Kier molecular flexibility index (Phi) is 1.69. The van der Waals surface area contributed by atoms with E-state index in [1.165, 1.54) is 12.1 Å². The molecular formula is C11H10FN. The maximum absolute atomic E-state index is 13.3. The Morgan fingerprint density at radius 1 is 1.46 bits per heavy atom. The van der Waals surface area contributed by atoms with Crippen LogP contribution in [0.15, 0.2) is 31.0 Å². The molecule has 2 rings (SSSR count). The van der Waals surface area contributed by atoms with Gasteiger partial charge in [-0.2, -0.15) is 0 Å². The predicted molar refractivity (Wildman–Crippen MR) is 53.0 cm³/mol. The molecule has 2 heteroatoms. The summed E-state index contributed by atoms with van der Waals surface area (Å²) in [6.45, 7) is 3.56. The zero-order valence-electron chi connectivity index (χ0n) is 7.42. The SMILES string of the molecule is C=Cc1cc2ccn(C)c2cc1F. The lowest BCUT2D eigenvalue weighted by Crippen LogP contribution is -1.87. The van der Waals surface area contributed by atoms with Gasteiger partial charge in [-0.05, 0) is 18.2 Å². The molecule has 0 aliphatic carbocycles. The fraction of sp³-hybridized carbons (Fsp3) is 0.0909. The van der Waals surface area contributed by atoms with Gasteiger partial charge in [0, 0.05) is 24.2 Å². The quantitative estimate of drug-likeness (QED) is 0.628. The Hall–Kier alpha value is -1.57. The van der Waals surface area contributed by atoms with E-state index >= 15 is 0 Å². The van der Waals surface area contributed by atoms with Crippen molar-refractivity contribution in [3.8, 4) is 0 Å². The van der Waals surface area contributed by atoms with E-state index in [0.717, 1.165) is 10.9 Å². The van der Waals surface area contributed by atoms with E-state index in [1.807, 2.05) is 23.9 Å². The minimum atomic E-state index is -0.218. The van der Waals surface area contributed by atoms with Gasteiger partial charge in [-0.3, -0.25) is 0 Å². The Labute approximate surface area is 76.1 Å². The number of aromatic nitrogens is 1. The monoisotopic (exact) mass is 175 g/mol. The number of nitrogens with zero attached hydrogens (tertiary/aromatic N) is 1. The summed E-state index contributed by atoms with van der Waals surface area (Å²) < 4.78 is 15.2. The first-order valence-corrected chi connectivity index (χ1v) is 4.09. The van der Waals surface area contributed by atoms with Gasteiger partial charge in [-0.25, -0.2) is 4.39 Å². The third-order valence-electron chi connectivity index (χ3n) is 2.22. The van der Waals surface area contributed by atoms with E-state index in [1.54, 1.807) is 6.07 Å². The van der Waals surface area contributed by atoms with Crippen molar-refractivity contribution >= 4 is 17.0 Å². The molecule has 0 amide bonds. The standard InChI is InChI=1S/C11H10FN/c1-3-8-6-9-4-5-13(2)11(9)7-10(8)12/h3-7H,1H2,2H3. The van der Waals surface area contributed by atoms with Crippen LogP contribution in [0.2, 0.25) is 0 Å². The van der Waals surface area contributed by atoms with Crippen LogP contribution < -0.4 is 0 Å². The van der Waals surface area contributed by atoms with Gasteiger partial charge in [-0.1, -0.05) is 12.7 Å². The summed E-state index contributed by atoms with van der Waals surface area (Å²) >= 11 is 0. The van der Waals surface area contributed by atoms with Crippen LogP contribution in [0.3, 0.4) is 0 Å². The first-order valence-electron chi connectivity index (χ1n) is 4.09. The fourth-order valence-corrected chi connectivity index (χ4v) is 1.46. The second-order valence-electron chi connectivity index (χ2n) is 3.06. The molecule has 1 aromatic heterocycles. The second-order valence-corrected chi connectivity index (χ2v) is 3.06. The van der Waals surface area contributed by atoms with Gasteiger partial charge >= 0.3 is 0 Å². The molecule has 0 radical (unpaired) electrons. The Morgan fingerprint density at radius 3 is 2.92 bits per heavy atom. The molecule has 0 atom stereocenters. The fourth-order valence-electron chi connectivity index (χ4n) is 1.46. The van der Waals surface area contributed by atoms with Gasteiger partial charge in [0.1, 0.15) is 5.82 Å². The van der Waals surface area contributed by atoms with Crippen LogP contribution >= 0.6 is 0 Å². The number of benzene rings is 1. The molecule has 0 aliphatic heterocycles. The Morgan fingerprint density at radius 2 is 2.23 bits per heavy atom. The molecule has 13 heavy (non-hydrogen) atoms. The summed E-state index contributed by atoms with van der Waals surface area (Å²) in [6, 6.07) is 5.30. The van der Waals surface area contributed by atoms with Gasteiger partial charge in [0.25, 0.3) is 0 Å². The number of hydrogen-bond donors (Lipinski definition) is 0. The molecule has 0 fully saturated rings. The highest BCUT2D eigenvalue weighted by atomic mass is 19.1. The highest BCUT2D eigenvalue weighted by molar-refractivity contribution is 5.82. The first kappa shape index (κ1) is 8.05. The molecule has 0 saturated heterocycles. The van der Waals surface area contributed by atoms with Crippen molar-refractivity contribution in [2.45, 2.75) is 0 Å². The third-order valence-corrected chi connectivity index (χ3v) is 2.22. The maximum atomic E-state index is 13.3. The zero-order valence-corrected chi connectivity index (χ0v) is 7.42. The van der Waals surface area contributed by atoms with E-state index < -0.39 is 0 Å². The minimum absolute atomic E-state index is 0.218. The van der Waals surface area contributed by atoms with Crippen molar-refractivity contribution in [2.24, 2.45) is 7.05 Å². The van der Waals surface area contributed by atoms with Crippen LogP contribution in [0.1, 0.15) is 5.56 Å². The maximum Gasteiger partial charge on any atom is 0.132 e. The first-order chi connectivity index (χ1) is 6.22. The molecule has 66 valence electrons. The smallest absolute Gasteiger partial charge is 0.132 e. The highest BCUT2D eigenvalue weighted by Gasteiger charge is 2.03. The number of fused-ring (bicyclic) bond motifs is 1. The Bertz CT molecular complexity index is 468. The van der Waals surface area contributed by atoms with Crippen LogP contribution in [-0.2, 0) is 7.05 Å². The normalized spacial score (nSPS) is 10.6. The topological polar surface area (TPSA) is 4.93 Å². The predicted octanol–water partition coefficient (Wildman–Crippen LogP) is 2.96. The third kappa shape index (κ3) is 1.15. The lowest BCUT2D eigenvalue weighted by Gasteiger charge is -1.99. The van der Waals surface area contributed by atoms with Gasteiger partial charge in [0.15, 0.2) is 0 Å². The largest absolute Gasteiger partial charge is 0.350 e. The van der Waals surface area contributed by atoms with Crippen LogP contribution in [0, 0.1) is 5.82 Å². The van der Waals surface area contributed by atoms with E-state index in [-0.39, 0.29) is 5.82 Å². The van der Waals surface area contributed by atoms with E-state index in [2.05, 4.69) is 6.58 Å². The van der Waals surface area contributed by atoms with Crippen LogP contribution in [-0.4, -0.2) is 4.57 Å². The molecule has 0 aliphatic rings. The van der Waals surface area contributed by atoms with Gasteiger partial charge in [-0.15, -0.1) is 0 Å². The molecule has 2 aromatic rings. The lowest BCUT2D eigenvalue weighted by molar-refractivity contribution is 0.626. The van der Waals surface area contributed by atoms with Gasteiger partial charge in [0.2, 0.25) is 0 Å². The molecule has 0 unspecified atom stereocenters. The molecule has 0 N–H and O–H groups in total. The van der Waals surface area contributed by atoms with Gasteiger partial charge < -0.3 is 4.57 Å². The lowest BCUT2D eigenvalue weighted by atomic mass is 10.1. The average molecular weight is 175 g/mol. The van der Waals surface area contributed by atoms with Crippen molar-refractivity contribution < 1.29 is 4.39 Å². The van der Waals surface area contributed by atoms with E-state index in [9.17, 15) is 4.39 Å². The van der Waals surface area contributed by atoms with Gasteiger partial charge in [0.05, 0.1) is 5.52 Å². The molecule has 1 aromatic carbocycles. The van der Waals surface area contributed by atoms with E-state index in [0.29, 0.717) is 5.56 Å². The molecule has 1 nitrogen and oxygen atoms in total. The van der Waals surface area contributed by atoms with Crippen molar-refractivity contribution in [3.05, 3.63) is 42.4 Å². The van der Waals surface area contributed by atoms with Crippen molar-refractivity contribution in [1.82, 2.24) is 4.57 Å². The number of aryl methyl sites for hydroxylation is 1. The van der Waals surface area contributed by atoms with Crippen molar-refractivity contribution in [1.29, 1.82) is 0 Å². The number of hydrogen-bond acceptors (Lipinski definition) is 0. The summed E-state index contributed by atoms with van der Waals surface area (Å²) in [5, 5.41) is 1.04. The molecule has 0 bridgehead atoms. The average Bonchev–Trinajstić information content (AvgIpc) is 2.47. The molecule has 1 heterocycles.